The number of ether oxygens (including phenoxy) is 1. The number of carbonyl (C=O) groups is 1. The van der Waals surface area contributed by atoms with Crippen LogP contribution < -0.4 is 4.90 Å². The van der Waals surface area contributed by atoms with E-state index in [9.17, 15) is 4.79 Å². The van der Waals surface area contributed by atoms with E-state index in [1.54, 1.807) is 11.1 Å². The van der Waals surface area contributed by atoms with Crippen molar-refractivity contribution in [2.75, 3.05) is 25.2 Å². The molecule has 0 atom stereocenters. The molecule has 0 N–H and O–H groups in total. The van der Waals surface area contributed by atoms with Gasteiger partial charge in [0, 0.05) is 37.4 Å². The lowest BCUT2D eigenvalue weighted by molar-refractivity contribution is -0.121. The fourth-order valence-corrected chi connectivity index (χ4v) is 3.69. The topological polar surface area (TPSA) is 55.6 Å². The highest BCUT2D eigenvalue weighted by Gasteiger charge is 2.42. The highest BCUT2D eigenvalue weighted by atomic mass is 16.5. The first-order valence-corrected chi connectivity index (χ1v) is 8.45. The summed E-state index contributed by atoms with van der Waals surface area (Å²) in [6.45, 7) is 5.47. The van der Waals surface area contributed by atoms with Crippen LogP contribution in [0.15, 0.2) is 28.8 Å². The Bertz CT molecular complexity index is 788. The molecular formula is C19H22N2O3. The van der Waals surface area contributed by atoms with Crippen LogP contribution in [0.3, 0.4) is 0 Å². The van der Waals surface area contributed by atoms with Crippen molar-refractivity contribution in [1.29, 1.82) is 0 Å². The summed E-state index contributed by atoms with van der Waals surface area (Å²) in [5, 5.41) is 0. The summed E-state index contributed by atoms with van der Waals surface area (Å²) in [7, 11) is 1.83. The van der Waals surface area contributed by atoms with Crippen LogP contribution in [0.1, 0.15) is 44.1 Å². The molecule has 1 saturated heterocycles. The molecule has 1 amide bonds. The van der Waals surface area contributed by atoms with Crippen molar-refractivity contribution in [3.8, 4) is 11.3 Å². The van der Waals surface area contributed by atoms with Crippen LogP contribution in [-0.2, 0) is 14.9 Å². The molecule has 1 fully saturated rings. The lowest BCUT2D eigenvalue weighted by atomic mass is 9.86. The van der Waals surface area contributed by atoms with Gasteiger partial charge in [-0.15, -0.1) is 0 Å². The van der Waals surface area contributed by atoms with Crippen LogP contribution in [0.25, 0.3) is 11.3 Å². The van der Waals surface area contributed by atoms with Crippen LogP contribution >= 0.6 is 0 Å². The first-order valence-electron chi connectivity index (χ1n) is 8.45. The Balaban J connectivity index is 1.67. The summed E-state index contributed by atoms with van der Waals surface area (Å²) in [4.78, 5) is 18.6. The standard InChI is InChI=1S/C19H22N2O3/c1-19(2)14-5-4-13(10-15(14)21(3)18(19)22)16-11-20-17(24-16)12-6-8-23-9-7-12/h4-5,10-12H,6-9H2,1-3H3. The normalized spacial score (nSPS) is 20.5. The van der Waals surface area contributed by atoms with E-state index in [1.165, 1.54) is 0 Å². The fourth-order valence-electron chi connectivity index (χ4n) is 3.69. The summed E-state index contributed by atoms with van der Waals surface area (Å²) >= 11 is 0. The monoisotopic (exact) mass is 326 g/mol. The van der Waals surface area contributed by atoms with Crippen LogP contribution in [0, 0.1) is 0 Å². The molecule has 0 radical (unpaired) electrons. The van der Waals surface area contributed by atoms with Gasteiger partial charge in [-0.05, 0) is 38.3 Å². The molecule has 2 aliphatic rings. The van der Waals surface area contributed by atoms with E-state index in [2.05, 4.69) is 4.98 Å². The number of oxazole rings is 1. The van der Waals surface area contributed by atoms with Gasteiger partial charge in [-0.25, -0.2) is 4.98 Å². The average molecular weight is 326 g/mol. The number of nitrogens with zero attached hydrogens (tertiary/aromatic N) is 2. The van der Waals surface area contributed by atoms with Crippen molar-refractivity contribution in [1.82, 2.24) is 4.98 Å². The SMILES string of the molecule is CN1C(=O)C(C)(C)c2ccc(-c3cnc(C4CCOCC4)o3)cc21. The predicted molar refractivity (Wildman–Crippen MR) is 91.2 cm³/mol. The molecule has 0 unspecified atom stereocenters. The molecule has 126 valence electrons. The van der Waals surface area contributed by atoms with Crippen LogP contribution in [0.5, 0.6) is 0 Å². The lowest BCUT2D eigenvalue weighted by Gasteiger charge is -2.18. The summed E-state index contributed by atoms with van der Waals surface area (Å²) in [5.41, 5.74) is 2.49. The summed E-state index contributed by atoms with van der Waals surface area (Å²) in [5.74, 6) is 2.00. The van der Waals surface area contributed by atoms with E-state index in [4.69, 9.17) is 9.15 Å². The molecule has 4 rings (SSSR count). The highest BCUT2D eigenvalue weighted by molar-refractivity contribution is 6.07. The van der Waals surface area contributed by atoms with Crippen molar-refractivity contribution >= 4 is 11.6 Å². The number of carbonyl (C=O) groups excluding carboxylic acids is 1. The van der Waals surface area contributed by atoms with Gasteiger partial charge in [0.15, 0.2) is 11.7 Å². The number of amides is 1. The average Bonchev–Trinajstić information content (AvgIpc) is 3.16. The van der Waals surface area contributed by atoms with Gasteiger partial charge in [0.25, 0.3) is 0 Å². The van der Waals surface area contributed by atoms with Gasteiger partial charge in [-0.3, -0.25) is 4.79 Å². The zero-order valence-corrected chi connectivity index (χ0v) is 14.3. The van der Waals surface area contributed by atoms with E-state index in [0.29, 0.717) is 5.92 Å². The molecule has 1 aromatic carbocycles. The largest absolute Gasteiger partial charge is 0.440 e. The number of aromatic nitrogens is 1. The number of benzene rings is 1. The van der Waals surface area contributed by atoms with Crippen molar-refractivity contribution in [2.45, 2.75) is 38.0 Å². The number of fused-ring (bicyclic) bond motifs is 1. The van der Waals surface area contributed by atoms with E-state index in [-0.39, 0.29) is 5.91 Å². The summed E-state index contributed by atoms with van der Waals surface area (Å²) in [6, 6.07) is 6.07. The number of rotatable bonds is 2. The maximum absolute atomic E-state index is 12.4. The van der Waals surface area contributed by atoms with Gasteiger partial charge in [0.1, 0.15) is 0 Å². The molecule has 2 aliphatic heterocycles. The Kier molecular flexibility index (Phi) is 3.49. The van der Waals surface area contributed by atoms with Crippen molar-refractivity contribution < 1.29 is 13.9 Å². The van der Waals surface area contributed by atoms with Gasteiger partial charge in [-0.1, -0.05) is 12.1 Å². The second-order valence-electron chi connectivity index (χ2n) is 7.17. The zero-order chi connectivity index (χ0) is 16.9. The Hall–Kier alpha value is -2.14. The molecule has 0 spiro atoms. The third-order valence-corrected chi connectivity index (χ3v) is 5.25. The summed E-state index contributed by atoms with van der Waals surface area (Å²) < 4.78 is 11.4. The molecule has 24 heavy (non-hydrogen) atoms. The molecule has 5 nitrogen and oxygen atoms in total. The van der Waals surface area contributed by atoms with Crippen LogP contribution in [0.4, 0.5) is 5.69 Å². The Morgan fingerprint density at radius 2 is 2.00 bits per heavy atom. The predicted octanol–water partition coefficient (Wildman–Crippen LogP) is 3.49. The fraction of sp³-hybridized carbons (Fsp3) is 0.474. The Labute approximate surface area is 141 Å². The molecule has 0 saturated carbocycles. The van der Waals surface area contributed by atoms with Gasteiger partial charge in [0.05, 0.1) is 11.6 Å². The second-order valence-corrected chi connectivity index (χ2v) is 7.17. The minimum absolute atomic E-state index is 0.120. The van der Waals surface area contributed by atoms with Gasteiger partial charge >= 0.3 is 0 Å². The highest BCUT2D eigenvalue weighted by Crippen LogP contribution is 2.42. The van der Waals surface area contributed by atoms with E-state index >= 15 is 0 Å². The van der Waals surface area contributed by atoms with Crippen LogP contribution in [-0.4, -0.2) is 31.2 Å². The zero-order valence-electron chi connectivity index (χ0n) is 14.3. The summed E-state index contributed by atoms with van der Waals surface area (Å²) in [6.07, 6.45) is 3.69. The first-order chi connectivity index (χ1) is 11.5. The first kappa shape index (κ1) is 15.4. The van der Waals surface area contributed by atoms with Gasteiger partial charge in [0.2, 0.25) is 5.91 Å². The third-order valence-electron chi connectivity index (χ3n) is 5.25. The van der Waals surface area contributed by atoms with Gasteiger partial charge in [-0.2, -0.15) is 0 Å². The molecule has 5 heteroatoms. The second kappa shape index (κ2) is 5.45. The van der Waals surface area contributed by atoms with Crippen molar-refractivity contribution in [3.63, 3.8) is 0 Å². The van der Waals surface area contributed by atoms with E-state index in [0.717, 1.165) is 54.5 Å². The number of hydrogen-bond donors (Lipinski definition) is 0. The minimum atomic E-state index is -0.475. The number of anilines is 1. The van der Waals surface area contributed by atoms with E-state index in [1.807, 2.05) is 39.1 Å². The van der Waals surface area contributed by atoms with Crippen molar-refractivity contribution in [3.05, 3.63) is 35.9 Å². The number of hydrogen-bond acceptors (Lipinski definition) is 4. The van der Waals surface area contributed by atoms with Crippen molar-refractivity contribution in [2.24, 2.45) is 0 Å². The minimum Gasteiger partial charge on any atom is -0.440 e. The molecule has 0 aliphatic carbocycles. The molecule has 2 aromatic rings. The number of likely N-dealkylation sites (N-methyl/N-ethyl adjacent to an activating group) is 1. The molecular weight excluding hydrogens is 304 g/mol. The Morgan fingerprint density at radius 1 is 1.25 bits per heavy atom. The molecule has 3 heterocycles. The molecule has 0 bridgehead atoms. The smallest absolute Gasteiger partial charge is 0.236 e. The third kappa shape index (κ3) is 2.26. The quantitative estimate of drug-likeness (QED) is 0.848. The van der Waals surface area contributed by atoms with Crippen LogP contribution in [0.2, 0.25) is 0 Å². The Morgan fingerprint density at radius 3 is 2.75 bits per heavy atom. The van der Waals surface area contributed by atoms with E-state index < -0.39 is 5.41 Å². The maximum Gasteiger partial charge on any atom is 0.236 e. The van der Waals surface area contributed by atoms with Gasteiger partial charge < -0.3 is 14.1 Å². The maximum atomic E-state index is 12.4. The molecule has 1 aromatic heterocycles. The lowest BCUT2D eigenvalue weighted by Crippen LogP contribution is -2.33.